The van der Waals surface area contributed by atoms with Crippen LogP contribution in [0.2, 0.25) is 0 Å². The molecule has 0 radical (unpaired) electrons. The Balaban J connectivity index is 2.63. The van der Waals surface area contributed by atoms with E-state index in [-0.39, 0.29) is 17.7 Å². The Kier molecular flexibility index (Phi) is 5.36. The topological polar surface area (TPSA) is 58.2 Å². The number of carbonyl (C=O) groups is 2. The molecule has 2 N–H and O–H groups in total. The first-order valence-corrected chi connectivity index (χ1v) is 6.26. The van der Waals surface area contributed by atoms with Crippen LogP contribution in [-0.2, 0) is 4.79 Å². The molecule has 1 atom stereocenters. The number of anilines is 1. The third-order valence-corrected chi connectivity index (χ3v) is 2.66. The lowest BCUT2D eigenvalue weighted by Crippen LogP contribution is -2.37. The Bertz CT molecular complexity index is 412. The number of benzene rings is 1. The van der Waals surface area contributed by atoms with Gasteiger partial charge in [-0.2, -0.15) is 0 Å². The Morgan fingerprint density at radius 1 is 1.17 bits per heavy atom. The Morgan fingerprint density at radius 3 is 2.28 bits per heavy atom. The van der Waals surface area contributed by atoms with Crippen molar-refractivity contribution in [3.05, 3.63) is 29.8 Å². The smallest absolute Gasteiger partial charge is 0.242 e. The lowest BCUT2D eigenvalue weighted by Gasteiger charge is -2.14. The Labute approximate surface area is 108 Å². The van der Waals surface area contributed by atoms with Gasteiger partial charge in [0.1, 0.15) is 6.04 Å². The van der Waals surface area contributed by atoms with E-state index in [9.17, 15) is 9.59 Å². The van der Waals surface area contributed by atoms with Gasteiger partial charge in [-0.05, 0) is 38.1 Å². The molecule has 1 aromatic carbocycles. The van der Waals surface area contributed by atoms with Gasteiger partial charge < -0.3 is 10.6 Å². The summed E-state index contributed by atoms with van der Waals surface area (Å²) in [7, 11) is 0. The lowest BCUT2D eigenvalue weighted by atomic mass is 10.1. The quantitative estimate of drug-likeness (QED) is 0.759. The van der Waals surface area contributed by atoms with E-state index in [0.717, 1.165) is 5.69 Å². The van der Waals surface area contributed by atoms with Crippen LogP contribution in [0.1, 0.15) is 37.6 Å². The Hall–Kier alpha value is -1.84. The van der Waals surface area contributed by atoms with E-state index in [2.05, 4.69) is 10.6 Å². The number of carbonyl (C=O) groups excluding carboxylic acids is 2. The number of likely N-dealkylation sites (N-methyl/N-ethyl adjacent to an activating group) is 1. The predicted molar refractivity (Wildman–Crippen MR) is 72.8 cm³/mol. The highest BCUT2D eigenvalue weighted by Crippen LogP contribution is 2.12. The van der Waals surface area contributed by atoms with Gasteiger partial charge in [0.25, 0.3) is 0 Å². The number of hydrogen-bond acceptors (Lipinski definition) is 3. The van der Waals surface area contributed by atoms with Gasteiger partial charge in [0, 0.05) is 24.2 Å². The minimum atomic E-state index is -0.294. The fraction of sp³-hybridized carbons (Fsp3) is 0.429. The van der Waals surface area contributed by atoms with Crippen LogP contribution in [0.15, 0.2) is 24.3 Å². The minimum Gasteiger partial charge on any atom is -0.374 e. The summed E-state index contributed by atoms with van der Waals surface area (Å²) in [6.45, 7) is 6.15. The third kappa shape index (κ3) is 3.87. The first kappa shape index (κ1) is 14.2. The summed E-state index contributed by atoms with van der Waals surface area (Å²) in [6.07, 6.45) is 0.502. The van der Waals surface area contributed by atoms with Crippen LogP contribution in [0.4, 0.5) is 5.69 Å². The molecule has 4 heteroatoms. The van der Waals surface area contributed by atoms with Crippen LogP contribution < -0.4 is 10.6 Å². The number of amides is 1. The predicted octanol–water partition coefficient (Wildman–Crippen LogP) is 2.22. The van der Waals surface area contributed by atoms with Gasteiger partial charge in [-0.1, -0.05) is 6.92 Å². The number of hydrogen-bond donors (Lipinski definition) is 2. The van der Waals surface area contributed by atoms with Crippen molar-refractivity contribution in [2.75, 3.05) is 11.9 Å². The fourth-order valence-corrected chi connectivity index (χ4v) is 1.60. The van der Waals surface area contributed by atoms with Crippen LogP contribution in [0, 0.1) is 0 Å². The molecule has 0 fully saturated rings. The molecule has 0 saturated carbocycles. The molecule has 0 bridgehead atoms. The molecule has 0 aliphatic carbocycles. The number of nitrogens with one attached hydrogen (secondary N) is 2. The van der Waals surface area contributed by atoms with Gasteiger partial charge >= 0.3 is 0 Å². The molecule has 0 aliphatic rings. The van der Waals surface area contributed by atoms with Crippen LogP contribution >= 0.6 is 0 Å². The van der Waals surface area contributed by atoms with Gasteiger partial charge in [-0.25, -0.2) is 0 Å². The third-order valence-electron chi connectivity index (χ3n) is 2.66. The normalized spacial score (nSPS) is 11.7. The van der Waals surface area contributed by atoms with Gasteiger partial charge in [-0.3, -0.25) is 9.59 Å². The molecule has 1 unspecified atom stereocenters. The van der Waals surface area contributed by atoms with Gasteiger partial charge in [0.05, 0.1) is 0 Å². The van der Waals surface area contributed by atoms with Crippen LogP contribution in [0.5, 0.6) is 0 Å². The average molecular weight is 248 g/mol. The Morgan fingerprint density at radius 2 is 1.78 bits per heavy atom. The lowest BCUT2D eigenvalue weighted by molar-refractivity contribution is -0.121. The second-order valence-electron chi connectivity index (χ2n) is 4.11. The van der Waals surface area contributed by atoms with Crippen molar-refractivity contribution in [2.24, 2.45) is 0 Å². The second kappa shape index (κ2) is 6.79. The molecule has 1 amide bonds. The zero-order valence-corrected chi connectivity index (χ0v) is 11.1. The summed E-state index contributed by atoms with van der Waals surface area (Å²) in [4.78, 5) is 23.0. The van der Waals surface area contributed by atoms with E-state index >= 15 is 0 Å². The maximum absolute atomic E-state index is 11.5. The number of rotatable bonds is 6. The van der Waals surface area contributed by atoms with Crippen LogP contribution in [0.25, 0.3) is 0 Å². The molecule has 1 aromatic rings. The first-order chi connectivity index (χ1) is 8.58. The monoisotopic (exact) mass is 248 g/mol. The first-order valence-electron chi connectivity index (χ1n) is 6.26. The molecule has 0 aliphatic heterocycles. The molecule has 0 saturated heterocycles. The van der Waals surface area contributed by atoms with Crippen molar-refractivity contribution in [1.82, 2.24) is 5.32 Å². The summed E-state index contributed by atoms with van der Waals surface area (Å²) in [5.41, 5.74) is 1.54. The molecule has 4 nitrogen and oxygen atoms in total. The van der Waals surface area contributed by atoms with Gasteiger partial charge in [0.2, 0.25) is 5.91 Å². The molecular formula is C14H20N2O2. The maximum Gasteiger partial charge on any atom is 0.242 e. The highest BCUT2D eigenvalue weighted by molar-refractivity contribution is 5.96. The zero-order valence-electron chi connectivity index (χ0n) is 11.1. The van der Waals surface area contributed by atoms with Crippen molar-refractivity contribution in [3.63, 3.8) is 0 Å². The van der Waals surface area contributed by atoms with E-state index in [1.165, 1.54) is 0 Å². The SMILES string of the molecule is CCNC(=O)C(C)Nc1ccc(C(=O)CC)cc1. The molecule has 1 rings (SSSR count). The van der Waals surface area contributed by atoms with Crippen molar-refractivity contribution in [1.29, 1.82) is 0 Å². The van der Waals surface area contributed by atoms with Crippen molar-refractivity contribution >= 4 is 17.4 Å². The average Bonchev–Trinajstić information content (AvgIpc) is 2.39. The van der Waals surface area contributed by atoms with Crippen molar-refractivity contribution in [3.8, 4) is 0 Å². The van der Waals surface area contributed by atoms with Gasteiger partial charge in [-0.15, -0.1) is 0 Å². The molecule has 0 aromatic heterocycles. The zero-order chi connectivity index (χ0) is 13.5. The number of Topliss-reactive ketones (excluding diaryl/α,β-unsaturated/α-hetero) is 1. The van der Waals surface area contributed by atoms with E-state index in [4.69, 9.17) is 0 Å². The number of ketones is 1. The summed E-state index contributed by atoms with van der Waals surface area (Å²) >= 11 is 0. The molecule has 18 heavy (non-hydrogen) atoms. The van der Waals surface area contributed by atoms with Crippen LogP contribution in [0.3, 0.4) is 0 Å². The molecular weight excluding hydrogens is 228 g/mol. The maximum atomic E-state index is 11.5. The highest BCUT2D eigenvalue weighted by Gasteiger charge is 2.11. The van der Waals surface area contributed by atoms with Crippen LogP contribution in [-0.4, -0.2) is 24.3 Å². The molecule has 98 valence electrons. The standard InChI is InChI=1S/C14H20N2O2/c1-4-13(17)11-6-8-12(9-7-11)16-10(3)14(18)15-5-2/h6-10,16H,4-5H2,1-3H3,(H,15,18). The van der Waals surface area contributed by atoms with E-state index in [1.54, 1.807) is 19.1 Å². The van der Waals surface area contributed by atoms with E-state index in [0.29, 0.717) is 18.5 Å². The second-order valence-corrected chi connectivity index (χ2v) is 4.11. The summed E-state index contributed by atoms with van der Waals surface area (Å²) in [6, 6.07) is 6.90. The highest BCUT2D eigenvalue weighted by atomic mass is 16.2. The summed E-state index contributed by atoms with van der Waals surface area (Å²) < 4.78 is 0. The summed E-state index contributed by atoms with van der Waals surface area (Å²) in [5.74, 6) is 0.0875. The summed E-state index contributed by atoms with van der Waals surface area (Å²) in [5, 5.41) is 5.84. The van der Waals surface area contributed by atoms with Crippen molar-refractivity contribution < 1.29 is 9.59 Å². The fourth-order valence-electron chi connectivity index (χ4n) is 1.60. The molecule has 0 heterocycles. The largest absolute Gasteiger partial charge is 0.374 e. The van der Waals surface area contributed by atoms with Gasteiger partial charge in [0.15, 0.2) is 5.78 Å². The van der Waals surface area contributed by atoms with E-state index < -0.39 is 0 Å². The van der Waals surface area contributed by atoms with E-state index in [1.807, 2.05) is 26.0 Å². The molecule has 0 spiro atoms. The van der Waals surface area contributed by atoms with Crippen molar-refractivity contribution in [2.45, 2.75) is 33.2 Å². The minimum absolute atomic E-state index is 0.0359.